The van der Waals surface area contributed by atoms with Gasteiger partial charge in [0.15, 0.2) is 5.69 Å². The second-order valence-corrected chi connectivity index (χ2v) is 4.09. The van der Waals surface area contributed by atoms with Crippen molar-refractivity contribution in [2.45, 2.75) is 13.5 Å². The zero-order valence-corrected chi connectivity index (χ0v) is 10.9. The monoisotopic (exact) mass is 260 g/mol. The van der Waals surface area contributed by atoms with Crippen LogP contribution in [0.25, 0.3) is 0 Å². The van der Waals surface area contributed by atoms with Crippen molar-refractivity contribution in [3.63, 3.8) is 0 Å². The Kier molecular flexibility index (Phi) is 4.07. The van der Waals surface area contributed by atoms with Crippen LogP contribution in [0.1, 0.15) is 16.1 Å². The van der Waals surface area contributed by atoms with Gasteiger partial charge in [-0.2, -0.15) is 5.10 Å². The maximum atomic E-state index is 11.8. The van der Waals surface area contributed by atoms with Crippen molar-refractivity contribution in [3.8, 4) is 0 Å². The molecular weight excluding hydrogens is 244 g/mol. The summed E-state index contributed by atoms with van der Waals surface area (Å²) in [4.78, 5) is 11.8. The lowest BCUT2D eigenvalue weighted by Crippen LogP contribution is -2.28. The van der Waals surface area contributed by atoms with Gasteiger partial charge in [-0.15, -0.1) is 10.2 Å². The van der Waals surface area contributed by atoms with Crippen molar-refractivity contribution in [1.82, 2.24) is 25.3 Å². The van der Waals surface area contributed by atoms with Gasteiger partial charge in [-0.3, -0.25) is 9.48 Å². The van der Waals surface area contributed by atoms with E-state index >= 15 is 0 Å². The maximum absolute atomic E-state index is 11.8. The van der Waals surface area contributed by atoms with Crippen LogP contribution < -0.4 is 10.6 Å². The van der Waals surface area contributed by atoms with Gasteiger partial charge in [-0.05, 0) is 24.6 Å². The van der Waals surface area contributed by atoms with Gasteiger partial charge in [0.2, 0.25) is 0 Å². The molecule has 2 aromatic heterocycles. The Bertz CT molecular complexity index is 548. The number of hydrogen-bond donors (Lipinski definition) is 2. The van der Waals surface area contributed by atoms with Crippen LogP contribution in [0.2, 0.25) is 0 Å². The van der Waals surface area contributed by atoms with E-state index < -0.39 is 0 Å². The Labute approximate surface area is 111 Å². The van der Waals surface area contributed by atoms with Gasteiger partial charge < -0.3 is 10.6 Å². The Morgan fingerprint density at radius 3 is 2.79 bits per heavy atom. The summed E-state index contributed by atoms with van der Waals surface area (Å²) in [5.41, 5.74) is 1.40. The highest BCUT2D eigenvalue weighted by Gasteiger charge is 2.07. The van der Waals surface area contributed by atoms with E-state index in [2.05, 4.69) is 25.9 Å². The molecule has 2 N–H and O–H groups in total. The minimum atomic E-state index is -0.237. The van der Waals surface area contributed by atoms with E-state index in [0.29, 0.717) is 24.6 Å². The van der Waals surface area contributed by atoms with Crippen molar-refractivity contribution in [1.29, 1.82) is 0 Å². The van der Waals surface area contributed by atoms with Crippen LogP contribution in [0.3, 0.4) is 0 Å². The summed E-state index contributed by atoms with van der Waals surface area (Å²) < 4.78 is 1.78. The summed E-state index contributed by atoms with van der Waals surface area (Å²) >= 11 is 0. The zero-order chi connectivity index (χ0) is 13.7. The fourth-order valence-corrected chi connectivity index (χ4v) is 1.55. The number of carbonyl (C=O) groups excluding carboxylic acids is 1. The molecule has 0 atom stereocenters. The first-order valence-electron chi connectivity index (χ1n) is 5.98. The molecular formula is C12H16N6O. The average molecular weight is 260 g/mol. The van der Waals surface area contributed by atoms with Gasteiger partial charge in [0.25, 0.3) is 5.91 Å². The molecule has 19 heavy (non-hydrogen) atoms. The third-order valence-corrected chi connectivity index (χ3v) is 2.54. The molecule has 2 heterocycles. The van der Waals surface area contributed by atoms with Crippen molar-refractivity contribution >= 4 is 11.7 Å². The summed E-state index contributed by atoms with van der Waals surface area (Å²) in [5.74, 6) is 0.391. The van der Waals surface area contributed by atoms with Gasteiger partial charge in [-0.1, -0.05) is 0 Å². The lowest BCUT2D eigenvalue weighted by atomic mass is 10.3. The number of hydrogen-bond acceptors (Lipinski definition) is 5. The summed E-state index contributed by atoms with van der Waals surface area (Å²) in [6, 6.07) is 3.34. The van der Waals surface area contributed by atoms with Crippen molar-refractivity contribution in [2.24, 2.45) is 0 Å². The number of aromatic nitrogens is 4. The molecule has 7 nitrogen and oxygen atoms in total. The number of aryl methyl sites for hydroxylation is 1. The normalized spacial score (nSPS) is 10.2. The van der Waals surface area contributed by atoms with Crippen LogP contribution >= 0.6 is 0 Å². The highest BCUT2D eigenvalue weighted by Crippen LogP contribution is 2.00. The van der Waals surface area contributed by atoms with E-state index in [4.69, 9.17) is 0 Å². The molecule has 0 saturated carbocycles. The van der Waals surface area contributed by atoms with Crippen LogP contribution in [0, 0.1) is 6.92 Å². The minimum Gasteiger partial charge on any atom is -0.372 e. The van der Waals surface area contributed by atoms with Crippen molar-refractivity contribution < 1.29 is 4.79 Å². The van der Waals surface area contributed by atoms with Crippen LogP contribution in [0.4, 0.5) is 5.82 Å². The first kappa shape index (κ1) is 13.0. The third kappa shape index (κ3) is 3.51. The van der Waals surface area contributed by atoms with E-state index in [1.807, 2.05) is 13.1 Å². The van der Waals surface area contributed by atoms with Gasteiger partial charge in [-0.25, -0.2) is 0 Å². The minimum absolute atomic E-state index is 0.237. The summed E-state index contributed by atoms with van der Waals surface area (Å²) in [6.07, 6.45) is 3.71. The maximum Gasteiger partial charge on any atom is 0.271 e. The molecule has 0 radical (unpaired) electrons. The molecule has 0 saturated heterocycles. The molecule has 0 aliphatic carbocycles. The van der Waals surface area contributed by atoms with E-state index in [1.54, 1.807) is 30.1 Å². The predicted molar refractivity (Wildman–Crippen MR) is 70.9 cm³/mol. The van der Waals surface area contributed by atoms with E-state index in [0.717, 1.165) is 5.56 Å². The van der Waals surface area contributed by atoms with Gasteiger partial charge in [0, 0.05) is 19.8 Å². The first-order valence-corrected chi connectivity index (χ1v) is 5.98. The van der Waals surface area contributed by atoms with E-state index in [9.17, 15) is 4.79 Å². The molecule has 1 amide bonds. The largest absolute Gasteiger partial charge is 0.372 e. The molecule has 0 aromatic carbocycles. The Morgan fingerprint density at radius 1 is 1.37 bits per heavy atom. The van der Waals surface area contributed by atoms with Gasteiger partial charge in [0.1, 0.15) is 5.82 Å². The molecule has 2 rings (SSSR count). The average Bonchev–Trinajstić information content (AvgIpc) is 2.84. The fourth-order valence-electron chi connectivity index (χ4n) is 1.55. The number of rotatable bonds is 5. The molecule has 2 aromatic rings. The summed E-state index contributed by atoms with van der Waals surface area (Å²) in [7, 11) is 1.75. The molecule has 100 valence electrons. The second kappa shape index (κ2) is 5.94. The topological polar surface area (TPSA) is 84.7 Å². The standard InChI is InChI=1S/C12H16N6O/c1-9-7-15-18(8-9)6-5-14-12(19)10-3-4-11(13-2)17-16-10/h3-4,7-8H,5-6H2,1-2H3,(H,13,17)(H,14,19). The van der Waals surface area contributed by atoms with Gasteiger partial charge in [0.05, 0.1) is 12.7 Å². The smallest absolute Gasteiger partial charge is 0.271 e. The molecule has 0 bridgehead atoms. The molecule has 7 heteroatoms. The highest BCUT2D eigenvalue weighted by molar-refractivity contribution is 5.92. The SMILES string of the molecule is CNc1ccc(C(=O)NCCn2cc(C)cn2)nn1. The number of anilines is 1. The lowest BCUT2D eigenvalue weighted by molar-refractivity contribution is 0.0946. The fraction of sp³-hybridized carbons (Fsp3) is 0.333. The molecule has 0 unspecified atom stereocenters. The second-order valence-electron chi connectivity index (χ2n) is 4.09. The molecule has 0 aliphatic heterocycles. The van der Waals surface area contributed by atoms with Crippen LogP contribution in [0.5, 0.6) is 0 Å². The van der Waals surface area contributed by atoms with Crippen LogP contribution in [-0.4, -0.2) is 39.5 Å². The zero-order valence-electron chi connectivity index (χ0n) is 10.9. The van der Waals surface area contributed by atoms with E-state index in [-0.39, 0.29) is 5.91 Å². The number of amides is 1. The van der Waals surface area contributed by atoms with Gasteiger partial charge >= 0.3 is 0 Å². The number of nitrogens with zero attached hydrogens (tertiary/aromatic N) is 4. The molecule has 0 fully saturated rings. The first-order chi connectivity index (χ1) is 9.19. The highest BCUT2D eigenvalue weighted by atomic mass is 16.1. The summed E-state index contributed by atoms with van der Waals surface area (Å²) in [6.45, 7) is 3.10. The Morgan fingerprint density at radius 2 is 2.21 bits per heavy atom. The Balaban J connectivity index is 1.83. The van der Waals surface area contributed by atoms with Crippen molar-refractivity contribution in [3.05, 3.63) is 35.8 Å². The van der Waals surface area contributed by atoms with Crippen LogP contribution in [-0.2, 0) is 6.54 Å². The quantitative estimate of drug-likeness (QED) is 0.815. The Hall–Kier alpha value is -2.44. The van der Waals surface area contributed by atoms with Crippen molar-refractivity contribution in [2.75, 3.05) is 18.9 Å². The molecule has 0 spiro atoms. The third-order valence-electron chi connectivity index (χ3n) is 2.54. The number of carbonyl (C=O) groups is 1. The lowest BCUT2D eigenvalue weighted by Gasteiger charge is -2.05. The molecule has 0 aliphatic rings. The predicted octanol–water partition coefficient (Wildman–Crippen LogP) is 0.453. The summed E-state index contributed by atoms with van der Waals surface area (Å²) in [5, 5.41) is 17.4. The number of nitrogens with one attached hydrogen (secondary N) is 2. The van der Waals surface area contributed by atoms with Crippen LogP contribution in [0.15, 0.2) is 24.5 Å². The van der Waals surface area contributed by atoms with E-state index in [1.165, 1.54) is 0 Å².